The first kappa shape index (κ1) is 30.2. The Hall–Kier alpha value is -3.77. The Balaban J connectivity index is 1.49. The molecule has 0 spiro atoms. The number of aliphatic hydroxyl groups is 1. The summed E-state index contributed by atoms with van der Waals surface area (Å²) in [6.07, 6.45) is 1.82. The quantitative estimate of drug-likeness (QED) is 0.157. The number of carboxylic acid groups (broad SMARTS) is 2. The number of carbonyl (C=O) groups excluding carboxylic acids is 1. The number of anilines is 1. The average molecular weight is 581 g/mol. The van der Waals surface area contributed by atoms with Gasteiger partial charge in [-0.3, -0.25) is 9.59 Å². The minimum atomic E-state index is -1.05. The number of pyridine rings is 1. The molecule has 1 aliphatic rings. The van der Waals surface area contributed by atoms with Crippen molar-refractivity contribution in [1.82, 2.24) is 4.98 Å². The first-order valence-electron chi connectivity index (χ1n) is 13.3. The summed E-state index contributed by atoms with van der Waals surface area (Å²) in [4.78, 5) is 38.9. The summed E-state index contributed by atoms with van der Waals surface area (Å²) in [6.45, 7) is -0.0646. The van der Waals surface area contributed by atoms with Crippen LogP contribution in [0.4, 0.5) is 5.69 Å². The molecule has 0 bridgehead atoms. The number of hydrogen-bond donors (Lipinski definition) is 4. The van der Waals surface area contributed by atoms with Crippen LogP contribution < -0.4 is 5.32 Å². The maximum atomic E-state index is 12.4. The molecule has 216 valence electrons. The van der Waals surface area contributed by atoms with Gasteiger partial charge in [0.25, 0.3) is 0 Å². The van der Waals surface area contributed by atoms with Crippen LogP contribution in [0.25, 0.3) is 0 Å². The second-order valence-electron chi connectivity index (χ2n) is 9.60. The third-order valence-electron chi connectivity index (χ3n) is 6.51. The maximum absolute atomic E-state index is 12.4. The minimum Gasteiger partial charge on any atom is -0.481 e. The normalized spacial score (nSPS) is 18.5. The van der Waals surface area contributed by atoms with Gasteiger partial charge >= 0.3 is 11.9 Å². The molecule has 1 aliphatic heterocycles. The topological polar surface area (TPSA) is 155 Å². The van der Waals surface area contributed by atoms with Gasteiger partial charge < -0.3 is 30.1 Å². The van der Waals surface area contributed by atoms with E-state index in [1.807, 2.05) is 30.3 Å². The third-order valence-corrected chi connectivity index (χ3v) is 7.65. The summed E-state index contributed by atoms with van der Waals surface area (Å²) >= 11 is 1.31. The van der Waals surface area contributed by atoms with Gasteiger partial charge in [-0.05, 0) is 48.2 Å². The van der Waals surface area contributed by atoms with Crippen LogP contribution in [0.3, 0.4) is 0 Å². The fourth-order valence-corrected chi connectivity index (χ4v) is 5.42. The van der Waals surface area contributed by atoms with Crippen molar-refractivity contribution in [3.05, 3.63) is 89.1 Å². The first-order chi connectivity index (χ1) is 19.8. The standard InChI is InChI=1S/C30H32N2O8S/c33-17-19-10-12-20(13-11-19)25-16-23(18-41-28-24(29(37)38)7-4-14-31-28)39-30(40-25)21-5-3-6-22(15-21)32-26(34)8-1-2-9-27(35)36/h3-7,10-15,23,25,30,33H,1-2,8-9,16-18H2,(H,32,34)(H,35,36)(H,37,38)/t23-,25+,30+/m0/s1. The van der Waals surface area contributed by atoms with E-state index in [9.17, 15) is 24.6 Å². The van der Waals surface area contributed by atoms with E-state index in [1.54, 1.807) is 30.5 Å². The van der Waals surface area contributed by atoms with E-state index < -0.39 is 18.2 Å². The van der Waals surface area contributed by atoms with Crippen LogP contribution in [0.1, 0.15) is 71.5 Å². The zero-order valence-corrected chi connectivity index (χ0v) is 23.1. The van der Waals surface area contributed by atoms with Crippen molar-refractivity contribution in [2.45, 2.75) is 62.2 Å². The molecule has 11 heteroatoms. The number of rotatable bonds is 13. The van der Waals surface area contributed by atoms with Crippen molar-refractivity contribution in [2.75, 3.05) is 11.1 Å². The van der Waals surface area contributed by atoms with E-state index in [2.05, 4.69) is 10.3 Å². The number of aliphatic hydroxyl groups excluding tert-OH is 1. The average Bonchev–Trinajstić information content (AvgIpc) is 2.98. The summed E-state index contributed by atoms with van der Waals surface area (Å²) in [5.74, 6) is -1.70. The molecular formula is C30H32N2O8S. The van der Waals surface area contributed by atoms with Gasteiger partial charge in [0, 0.05) is 42.5 Å². The van der Waals surface area contributed by atoms with Crippen molar-refractivity contribution < 1.29 is 39.2 Å². The number of benzene rings is 2. The molecule has 41 heavy (non-hydrogen) atoms. The van der Waals surface area contributed by atoms with Crippen LogP contribution in [-0.2, 0) is 25.7 Å². The number of carboxylic acids is 2. The maximum Gasteiger partial charge on any atom is 0.338 e. The number of ether oxygens (including phenoxy) is 2. The molecule has 2 heterocycles. The molecule has 0 unspecified atom stereocenters. The van der Waals surface area contributed by atoms with E-state index in [1.165, 1.54) is 17.8 Å². The molecule has 1 amide bonds. The Labute approximate surface area is 241 Å². The number of aromatic nitrogens is 1. The van der Waals surface area contributed by atoms with E-state index in [0.29, 0.717) is 41.3 Å². The Kier molecular flexibility index (Phi) is 10.9. The van der Waals surface area contributed by atoms with Crippen molar-refractivity contribution in [3.8, 4) is 0 Å². The fourth-order valence-electron chi connectivity index (χ4n) is 4.41. The summed E-state index contributed by atoms with van der Waals surface area (Å²) in [7, 11) is 0. The highest BCUT2D eigenvalue weighted by Gasteiger charge is 2.32. The molecule has 0 radical (unpaired) electrons. The van der Waals surface area contributed by atoms with Gasteiger partial charge in [0.2, 0.25) is 5.91 Å². The van der Waals surface area contributed by atoms with E-state index in [0.717, 1.165) is 11.1 Å². The van der Waals surface area contributed by atoms with E-state index in [-0.39, 0.29) is 43.1 Å². The van der Waals surface area contributed by atoms with Crippen molar-refractivity contribution in [2.24, 2.45) is 0 Å². The lowest BCUT2D eigenvalue weighted by atomic mass is 10.0. The van der Waals surface area contributed by atoms with Gasteiger partial charge in [-0.15, -0.1) is 11.8 Å². The molecule has 4 rings (SSSR count). The molecule has 10 nitrogen and oxygen atoms in total. The molecule has 3 atom stereocenters. The van der Waals surface area contributed by atoms with Gasteiger partial charge in [0.05, 0.1) is 24.4 Å². The van der Waals surface area contributed by atoms with Crippen LogP contribution >= 0.6 is 11.8 Å². The van der Waals surface area contributed by atoms with Crippen molar-refractivity contribution in [3.63, 3.8) is 0 Å². The molecule has 1 aromatic heterocycles. The number of thioether (sulfide) groups is 1. The Morgan fingerprint density at radius 3 is 2.46 bits per heavy atom. The summed E-state index contributed by atoms with van der Waals surface area (Å²) in [5.41, 5.74) is 3.10. The second kappa shape index (κ2) is 14.7. The molecule has 1 saturated heterocycles. The summed E-state index contributed by atoms with van der Waals surface area (Å²) in [6, 6.07) is 17.8. The van der Waals surface area contributed by atoms with E-state index >= 15 is 0 Å². The van der Waals surface area contributed by atoms with Gasteiger partial charge in [0.15, 0.2) is 6.29 Å². The second-order valence-corrected chi connectivity index (χ2v) is 10.6. The lowest BCUT2D eigenvalue weighted by molar-refractivity contribution is -0.245. The van der Waals surface area contributed by atoms with Gasteiger partial charge in [-0.2, -0.15) is 0 Å². The monoisotopic (exact) mass is 580 g/mol. The zero-order valence-electron chi connectivity index (χ0n) is 22.3. The molecule has 4 N–H and O–H groups in total. The zero-order chi connectivity index (χ0) is 29.2. The number of aliphatic carboxylic acids is 1. The highest BCUT2D eigenvalue weighted by Crippen LogP contribution is 2.40. The van der Waals surface area contributed by atoms with Crippen LogP contribution in [0, 0.1) is 0 Å². The third kappa shape index (κ3) is 8.86. The largest absolute Gasteiger partial charge is 0.481 e. The Bertz CT molecular complexity index is 1350. The number of amides is 1. The lowest BCUT2D eigenvalue weighted by Crippen LogP contribution is -2.31. The first-order valence-corrected chi connectivity index (χ1v) is 14.2. The summed E-state index contributed by atoms with van der Waals surface area (Å²) < 4.78 is 12.7. The Morgan fingerprint density at radius 1 is 0.951 bits per heavy atom. The number of hydrogen-bond acceptors (Lipinski definition) is 8. The number of aromatic carboxylic acids is 1. The molecule has 0 saturated carbocycles. The number of unbranched alkanes of at least 4 members (excludes halogenated alkanes) is 1. The summed E-state index contributed by atoms with van der Waals surface area (Å²) in [5, 5.41) is 31.0. The molecule has 3 aromatic rings. The van der Waals surface area contributed by atoms with Crippen LogP contribution in [0.15, 0.2) is 71.9 Å². The molecule has 1 fully saturated rings. The SMILES string of the molecule is O=C(O)CCCCC(=O)Nc1cccc([C@@H]2O[C@H](CSc3ncccc3C(=O)O)C[C@H](c3ccc(CO)cc3)O2)c1. The minimum absolute atomic E-state index is 0.0282. The lowest BCUT2D eigenvalue weighted by Gasteiger charge is -2.36. The number of carbonyl (C=O) groups is 3. The molecular weight excluding hydrogens is 548 g/mol. The predicted molar refractivity (Wildman–Crippen MR) is 152 cm³/mol. The number of nitrogens with zero attached hydrogens (tertiary/aromatic N) is 1. The van der Waals surface area contributed by atoms with Crippen molar-refractivity contribution >= 4 is 35.3 Å². The number of nitrogens with one attached hydrogen (secondary N) is 1. The van der Waals surface area contributed by atoms with Crippen molar-refractivity contribution in [1.29, 1.82) is 0 Å². The smallest absolute Gasteiger partial charge is 0.338 e. The highest BCUT2D eigenvalue weighted by atomic mass is 32.2. The van der Waals surface area contributed by atoms with Crippen LogP contribution in [-0.4, -0.2) is 50.0 Å². The Morgan fingerprint density at radius 2 is 1.73 bits per heavy atom. The molecule has 0 aliphatic carbocycles. The van der Waals surface area contributed by atoms with Gasteiger partial charge in [-0.1, -0.05) is 36.4 Å². The van der Waals surface area contributed by atoms with Gasteiger partial charge in [0.1, 0.15) is 5.03 Å². The molecule has 2 aromatic carbocycles. The van der Waals surface area contributed by atoms with Crippen LogP contribution in [0.5, 0.6) is 0 Å². The van der Waals surface area contributed by atoms with Gasteiger partial charge in [-0.25, -0.2) is 9.78 Å². The fraction of sp³-hybridized carbons (Fsp3) is 0.333. The van der Waals surface area contributed by atoms with Crippen LogP contribution in [0.2, 0.25) is 0 Å². The van der Waals surface area contributed by atoms with E-state index in [4.69, 9.17) is 14.6 Å². The predicted octanol–water partition coefficient (Wildman–Crippen LogP) is 5.19. The highest BCUT2D eigenvalue weighted by molar-refractivity contribution is 7.99.